The lowest BCUT2D eigenvalue weighted by Gasteiger charge is -2.44. The Bertz CT molecular complexity index is 701. The maximum atomic E-state index is 13.2. The predicted octanol–water partition coefficient (Wildman–Crippen LogP) is 4.56. The van der Waals surface area contributed by atoms with E-state index in [1.807, 2.05) is 45.8 Å². The van der Waals surface area contributed by atoms with Crippen molar-refractivity contribution in [1.29, 1.82) is 0 Å². The van der Waals surface area contributed by atoms with E-state index in [2.05, 4.69) is 6.92 Å². The number of hydrogen-bond acceptors (Lipinski definition) is 4. The van der Waals surface area contributed by atoms with Crippen LogP contribution in [0.3, 0.4) is 0 Å². The number of ether oxygens (including phenoxy) is 1. The van der Waals surface area contributed by atoms with Crippen LogP contribution >= 0.6 is 11.8 Å². The minimum atomic E-state index is -0.169. The molecule has 2 amide bonds. The zero-order valence-electron chi connectivity index (χ0n) is 17.8. The minimum Gasteiger partial charge on any atom is -0.497 e. The summed E-state index contributed by atoms with van der Waals surface area (Å²) in [7, 11) is 1.62. The van der Waals surface area contributed by atoms with Gasteiger partial charge in [0.25, 0.3) is 5.91 Å². The number of nitrogens with zero attached hydrogens (tertiary/aromatic N) is 2. The van der Waals surface area contributed by atoms with Gasteiger partial charge in [-0.2, -0.15) is 0 Å². The number of amides is 2. The summed E-state index contributed by atoms with van der Waals surface area (Å²) < 4.78 is 5.28. The van der Waals surface area contributed by atoms with Crippen LogP contribution in [0.5, 0.6) is 5.75 Å². The Morgan fingerprint density at radius 1 is 1.10 bits per heavy atom. The Hall–Kier alpha value is -1.69. The van der Waals surface area contributed by atoms with Gasteiger partial charge >= 0.3 is 0 Å². The summed E-state index contributed by atoms with van der Waals surface area (Å²) in [4.78, 5) is 29.7. The molecule has 6 heteroatoms. The van der Waals surface area contributed by atoms with E-state index in [9.17, 15) is 9.59 Å². The molecule has 0 bridgehead atoms. The fourth-order valence-electron chi connectivity index (χ4n) is 4.36. The van der Waals surface area contributed by atoms with Crippen LogP contribution in [0, 0.1) is 0 Å². The van der Waals surface area contributed by atoms with E-state index in [0.29, 0.717) is 17.7 Å². The third kappa shape index (κ3) is 5.27. The highest BCUT2D eigenvalue weighted by molar-refractivity contribution is 8.00. The maximum absolute atomic E-state index is 13.2. The highest BCUT2D eigenvalue weighted by Crippen LogP contribution is 2.44. The lowest BCUT2D eigenvalue weighted by atomic mass is 10.00. The molecule has 160 valence electrons. The van der Waals surface area contributed by atoms with Gasteiger partial charge in [-0.3, -0.25) is 9.59 Å². The van der Waals surface area contributed by atoms with Crippen molar-refractivity contribution in [2.45, 2.75) is 63.2 Å². The van der Waals surface area contributed by atoms with E-state index in [1.165, 1.54) is 19.3 Å². The molecule has 2 saturated heterocycles. The third-order valence-corrected chi connectivity index (χ3v) is 7.68. The number of benzene rings is 1. The molecule has 0 atom stereocenters. The van der Waals surface area contributed by atoms with Crippen molar-refractivity contribution in [1.82, 2.24) is 9.80 Å². The number of carbonyl (C=O) groups excluding carboxylic acids is 2. The lowest BCUT2D eigenvalue weighted by Crippen LogP contribution is -2.53. The number of hydrogen-bond donors (Lipinski definition) is 0. The van der Waals surface area contributed by atoms with Crippen LogP contribution in [0.25, 0.3) is 0 Å². The van der Waals surface area contributed by atoms with Gasteiger partial charge in [0.1, 0.15) is 5.75 Å². The van der Waals surface area contributed by atoms with E-state index in [0.717, 1.165) is 51.1 Å². The molecule has 0 radical (unpaired) electrons. The molecular formula is C23H34N2O3S. The van der Waals surface area contributed by atoms with Gasteiger partial charge in [-0.15, -0.1) is 11.8 Å². The second-order valence-corrected chi connectivity index (χ2v) is 9.49. The number of methoxy groups -OCH3 is 1. The molecule has 2 heterocycles. The number of likely N-dealkylation sites (tertiary alicyclic amines) is 1. The fourth-order valence-corrected chi connectivity index (χ4v) is 5.82. The van der Waals surface area contributed by atoms with Gasteiger partial charge < -0.3 is 14.5 Å². The van der Waals surface area contributed by atoms with Crippen LogP contribution in [-0.4, -0.2) is 59.0 Å². The molecule has 0 aromatic heterocycles. The molecule has 2 aliphatic rings. The van der Waals surface area contributed by atoms with Crippen molar-refractivity contribution < 1.29 is 14.3 Å². The van der Waals surface area contributed by atoms with Crippen LogP contribution in [0.2, 0.25) is 0 Å². The first-order valence-electron chi connectivity index (χ1n) is 11.0. The molecule has 0 unspecified atom stereocenters. The van der Waals surface area contributed by atoms with Crippen LogP contribution in [0.1, 0.15) is 68.6 Å². The predicted molar refractivity (Wildman–Crippen MR) is 118 cm³/mol. The number of thioether (sulfide) groups is 1. The van der Waals surface area contributed by atoms with Crippen molar-refractivity contribution in [3.8, 4) is 5.75 Å². The highest BCUT2D eigenvalue weighted by Gasteiger charge is 2.47. The summed E-state index contributed by atoms with van der Waals surface area (Å²) in [5, 5.41) is 0. The average Bonchev–Trinajstić information content (AvgIpc) is 3.16. The zero-order chi connectivity index (χ0) is 20.7. The summed E-state index contributed by atoms with van der Waals surface area (Å²) >= 11 is 1.88. The first kappa shape index (κ1) is 22.0. The first-order valence-corrected chi connectivity index (χ1v) is 12.0. The second-order valence-electron chi connectivity index (χ2n) is 8.03. The molecule has 0 N–H and O–H groups in total. The third-order valence-electron chi connectivity index (χ3n) is 6.13. The monoisotopic (exact) mass is 418 g/mol. The van der Waals surface area contributed by atoms with Gasteiger partial charge in [0.05, 0.1) is 12.0 Å². The summed E-state index contributed by atoms with van der Waals surface area (Å²) in [6.45, 7) is 4.48. The van der Waals surface area contributed by atoms with E-state index in [1.54, 1.807) is 7.11 Å². The van der Waals surface area contributed by atoms with E-state index in [4.69, 9.17) is 4.74 Å². The topological polar surface area (TPSA) is 49.9 Å². The quantitative estimate of drug-likeness (QED) is 0.581. The standard InChI is InChI=1S/C23H34N2O3S/c1-3-4-5-6-7-11-21(26)24-14-12-23(13-15-24)25(16-17-29-23)22(27)19-9-8-10-20(18-19)28-2/h8-10,18H,3-7,11-17H2,1-2H3. The Labute approximate surface area is 179 Å². The Morgan fingerprint density at radius 3 is 2.59 bits per heavy atom. The van der Waals surface area contributed by atoms with Gasteiger partial charge in [0, 0.05) is 37.4 Å². The molecule has 2 aliphatic heterocycles. The van der Waals surface area contributed by atoms with Crippen molar-refractivity contribution in [3.05, 3.63) is 29.8 Å². The van der Waals surface area contributed by atoms with E-state index >= 15 is 0 Å². The molecule has 1 aromatic carbocycles. The normalized spacial score (nSPS) is 18.3. The largest absolute Gasteiger partial charge is 0.497 e. The summed E-state index contributed by atoms with van der Waals surface area (Å²) in [6, 6.07) is 7.40. The van der Waals surface area contributed by atoms with Gasteiger partial charge in [-0.25, -0.2) is 0 Å². The fraction of sp³-hybridized carbons (Fsp3) is 0.652. The number of rotatable bonds is 8. The van der Waals surface area contributed by atoms with Gasteiger partial charge in [-0.1, -0.05) is 38.7 Å². The Morgan fingerprint density at radius 2 is 1.86 bits per heavy atom. The lowest BCUT2D eigenvalue weighted by molar-refractivity contribution is -0.132. The molecule has 1 aromatic rings. The zero-order valence-corrected chi connectivity index (χ0v) is 18.6. The van der Waals surface area contributed by atoms with Crippen LogP contribution < -0.4 is 4.74 Å². The SMILES string of the molecule is CCCCCCCC(=O)N1CCC2(CC1)SCCN2C(=O)c1cccc(OC)c1. The molecule has 5 nitrogen and oxygen atoms in total. The highest BCUT2D eigenvalue weighted by atomic mass is 32.2. The molecule has 2 fully saturated rings. The summed E-state index contributed by atoms with van der Waals surface area (Å²) in [5.74, 6) is 2.02. The Kier molecular flexibility index (Phi) is 7.87. The van der Waals surface area contributed by atoms with Crippen molar-refractivity contribution >= 4 is 23.6 Å². The molecule has 0 aliphatic carbocycles. The maximum Gasteiger partial charge on any atom is 0.255 e. The van der Waals surface area contributed by atoms with Crippen LogP contribution in [0.15, 0.2) is 24.3 Å². The Balaban J connectivity index is 1.56. The van der Waals surface area contributed by atoms with Gasteiger partial charge in [0.15, 0.2) is 0 Å². The van der Waals surface area contributed by atoms with Crippen molar-refractivity contribution in [2.75, 3.05) is 32.5 Å². The van der Waals surface area contributed by atoms with Gasteiger partial charge in [-0.05, 0) is 37.5 Å². The molecule has 0 saturated carbocycles. The number of carbonyl (C=O) groups is 2. The molecular weight excluding hydrogens is 384 g/mol. The first-order chi connectivity index (χ1) is 14.1. The molecule has 1 spiro atoms. The smallest absolute Gasteiger partial charge is 0.255 e. The van der Waals surface area contributed by atoms with Crippen molar-refractivity contribution in [3.63, 3.8) is 0 Å². The second kappa shape index (κ2) is 10.4. The average molecular weight is 419 g/mol. The minimum absolute atomic E-state index is 0.0737. The van der Waals surface area contributed by atoms with Crippen molar-refractivity contribution in [2.24, 2.45) is 0 Å². The van der Waals surface area contributed by atoms with Gasteiger partial charge in [0.2, 0.25) is 5.91 Å². The van der Waals surface area contributed by atoms with Crippen LogP contribution in [-0.2, 0) is 4.79 Å². The van der Waals surface area contributed by atoms with Crippen LogP contribution in [0.4, 0.5) is 0 Å². The summed E-state index contributed by atoms with van der Waals surface area (Å²) in [6.07, 6.45) is 8.23. The molecule has 29 heavy (non-hydrogen) atoms. The molecule has 3 rings (SSSR count). The van der Waals surface area contributed by atoms with E-state index in [-0.39, 0.29) is 16.7 Å². The number of piperidine rings is 1. The number of unbranched alkanes of at least 4 members (excludes halogenated alkanes) is 4. The van der Waals surface area contributed by atoms with E-state index < -0.39 is 0 Å². The summed E-state index contributed by atoms with van der Waals surface area (Å²) in [5.41, 5.74) is 0.678.